The van der Waals surface area contributed by atoms with Crippen LogP contribution in [0.25, 0.3) is 15.9 Å². The molecule has 0 unspecified atom stereocenters. The number of nitrogens with one attached hydrogen (secondary N) is 1. The SMILES string of the molecule is CCc1sc2nc(SCC(=O)NC3(C#N)CCCCC3)n(-c3cccc(OC)c3)c(=O)c2c1C. The number of aryl methyl sites for hydroxylation is 2. The number of ether oxygens (including phenoxy) is 1. The number of thiophene rings is 1. The standard InChI is InChI=1S/C25H28N4O3S2/c1-4-19-16(2)21-22(34-19)27-24(29(23(21)31)17-9-8-10-18(13-17)32-3)33-14-20(30)28-25(15-26)11-6-5-7-12-25/h8-10,13H,4-7,11-12,14H2,1-3H3,(H,28,30). The second-order valence-corrected chi connectivity index (χ2v) is 10.5. The number of nitrogens with zero attached hydrogens (tertiary/aromatic N) is 3. The molecule has 0 saturated heterocycles. The van der Waals surface area contributed by atoms with Crippen molar-refractivity contribution in [3.05, 3.63) is 45.1 Å². The third-order valence-electron chi connectivity index (χ3n) is 6.30. The van der Waals surface area contributed by atoms with Gasteiger partial charge in [-0.1, -0.05) is 44.0 Å². The van der Waals surface area contributed by atoms with Crippen molar-refractivity contribution in [2.75, 3.05) is 12.9 Å². The highest BCUT2D eigenvalue weighted by Crippen LogP contribution is 2.32. The fourth-order valence-electron chi connectivity index (χ4n) is 4.47. The molecule has 0 radical (unpaired) electrons. The second-order valence-electron chi connectivity index (χ2n) is 8.51. The number of hydrogen-bond acceptors (Lipinski definition) is 7. The Labute approximate surface area is 207 Å². The largest absolute Gasteiger partial charge is 0.497 e. The lowest BCUT2D eigenvalue weighted by Gasteiger charge is -2.31. The van der Waals surface area contributed by atoms with Crippen molar-refractivity contribution in [1.82, 2.24) is 14.9 Å². The zero-order valence-corrected chi connectivity index (χ0v) is 21.3. The molecule has 1 aliphatic carbocycles. The van der Waals surface area contributed by atoms with Gasteiger partial charge >= 0.3 is 0 Å². The molecule has 0 spiro atoms. The van der Waals surface area contributed by atoms with E-state index in [0.717, 1.165) is 36.1 Å². The van der Waals surface area contributed by atoms with E-state index in [1.54, 1.807) is 17.7 Å². The molecule has 1 aromatic carbocycles. The van der Waals surface area contributed by atoms with Crippen LogP contribution in [0.1, 0.15) is 49.5 Å². The molecule has 1 amide bonds. The summed E-state index contributed by atoms with van der Waals surface area (Å²) in [5, 5.41) is 13.7. The number of nitriles is 1. The van der Waals surface area contributed by atoms with Crippen molar-refractivity contribution >= 4 is 39.2 Å². The van der Waals surface area contributed by atoms with Gasteiger partial charge < -0.3 is 10.1 Å². The minimum Gasteiger partial charge on any atom is -0.497 e. The Kier molecular flexibility index (Phi) is 7.29. The number of carbonyl (C=O) groups excluding carboxylic acids is 1. The lowest BCUT2D eigenvalue weighted by atomic mass is 9.83. The molecule has 1 saturated carbocycles. The highest BCUT2D eigenvalue weighted by molar-refractivity contribution is 7.99. The van der Waals surface area contributed by atoms with E-state index in [2.05, 4.69) is 18.3 Å². The van der Waals surface area contributed by atoms with Gasteiger partial charge in [-0.25, -0.2) is 4.98 Å². The first-order chi connectivity index (χ1) is 16.4. The van der Waals surface area contributed by atoms with Crippen molar-refractivity contribution in [3.8, 4) is 17.5 Å². The number of fused-ring (bicyclic) bond motifs is 1. The highest BCUT2D eigenvalue weighted by Gasteiger charge is 2.33. The first-order valence-corrected chi connectivity index (χ1v) is 13.3. The maximum Gasteiger partial charge on any atom is 0.267 e. The molecule has 3 aromatic rings. The maximum absolute atomic E-state index is 13.7. The van der Waals surface area contributed by atoms with Crippen LogP contribution >= 0.6 is 23.1 Å². The molecule has 1 fully saturated rings. The van der Waals surface area contributed by atoms with Crippen molar-refractivity contribution in [2.24, 2.45) is 0 Å². The summed E-state index contributed by atoms with van der Waals surface area (Å²) < 4.78 is 6.92. The summed E-state index contributed by atoms with van der Waals surface area (Å²) in [6.45, 7) is 4.02. The molecule has 9 heteroatoms. The predicted molar refractivity (Wildman–Crippen MR) is 136 cm³/mol. The van der Waals surface area contributed by atoms with E-state index in [9.17, 15) is 14.9 Å². The van der Waals surface area contributed by atoms with Crippen LogP contribution in [0, 0.1) is 18.3 Å². The Morgan fingerprint density at radius 1 is 1.35 bits per heavy atom. The zero-order valence-electron chi connectivity index (χ0n) is 19.6. The van der Waals surface area contributed by atoms with Crippen LogP contribution in [0.3, 0.4) is 0 Å². The molecule has 7 nitrogen and oxygen atoms in total. The number of thioether (sulfide) groups is 1. The molecular weight excluding hydrogens is 468 g/mol. The van der Waals surface area contributed by atoms with Crippen LogP contribution in [-0.4, -0.2) is 33.9 Å². The zero-order chi connectivity index (χ0) is 24.3. The van der Waals surface area contributed by atoms with Crippen LogP contribution in [0.15, 0.2) is 34.2 Å². The Balaban J connectivity index is 1.71. The van der Waals surface area contributed by atoms with Gasteiger partial charge in [0.2, 0.25) is 5.91 Å². The minimum atomic E-state index is -0.791. The second kappa shape index (κ2) is 10.2. The number of benzene rings is 1. The molecule has 1 aliphatic rings. The van der Waals surface area contributed by atoms with Crippen LogP contribution in [0.5, 0.6) is 5.75 Å². The third kappa shape index (κ3) is 4.70. The molecule has 4 rings (SSSR count). The lowest BCUT2D eigenvalue weighted by Crippen LogP contribution is -2.49. The molecule has 178 valence electrons. The fraction of sp³-hybridized carbons (Fsp3) is 0.440. The van der Waals surface area contributed by atoms with E-state index >= 15 is 0 Å². The first-order valence-electron chi connectivity index (χ1n) is 11.5. The average molecular weight is 497 g/mol. The predicted octanol–water partition coefficient (Wildman–Crippen LogP) is 4.76. The summed E-state index contributed by atoms with van der Waals surface area (Å²) in [6, 6.07) is 9.58. The summed E-state index contributed by atoms with van der Waals surface area (Å²) in [5.74, 6) is 0.468. The van der Waals surface area contributed by atoms with Gasteiger partial charge in [0.15, 0.2) is 5.16 Å². The third-order valence-corrected chi connectivity index (χ3v) is 8.57. The Morgan fingerprint density at radius 3 is 2.79 bits per heavy atom. The Bertz CT molecular complexity index is 1320. The molecule has 1 N–H and O–H groups in total. The number of hydrogen-bond donors (Lipinski definition) is 1. The Hall–Kier alpha value is -2.83. The molecule has 2 heterocycles. The van der Waals surface area contributed by atoms with E-state index in [4.69, 9.17) is 9.72 Å². The van der Waals surface area contributed by atoms with Crippen LogP contribution in [-0.2, 0) is 11.2 Å². The molecule has 0 aliphatic heterocycles. The summed E-state index contributed by atoms with van der Waals surface area (Å²) >= 11 is 2.73. The van der Waals surface area contributed by atoms with E-state index in [1.165, 1.54) is 23.1 Å². The van der Waals surface area contributed by atoms with Gasteiger partial charge in [-0.2, -0.15) is 5.26 Å². The highest BCUT2D eigenvalue weighted by atomic mass is 32.2. The van der Waals surface area contributed by atoms with Crippen molar-refractivity contribution in [1.29, 1.82) is 5.26 Å². The summed E-state index contributed by atoms with van der Waals surface area (Å²) in [6.07, 6.45) is 5.13. The molecular formula is C25H28N4O3S2. The fourth-order valence-corrected chi connectivity index (χ4v) is 6.45. The number of rotatable bonds is 7. The molecule has 0 atom stereocenters. The summed E-state index contributed by atoms with van der Waals surface area (Å²) in [4.78, 5) is 33.1. The van der Waals surface area contributed by atoms with Gasteiger partial charge in [-0.05, 0) is 43.9 Å². The topological polar surface area (TPSA) is 97.0 Å². The van der Waals surface area contributed by atoms with Crippen molar-refractivity contribution < 1.29 is 9.53 Å². The van der Waals surface area contributed by atoms with E-state index in [0.29, 0.717) is 39.7 Å². The van der Waals surface area contributed by atoms with Gasteiger partial charge in [-0.15, -0.1) is 11.3 Å². The van der Waals surface area contributed by atoms with Gasteiger partial charge in [-0.3, -0.25) is 14.2 Å². The normalized spacial score (nSPS) is 15.1. The van der Waals surface area contributed by atoms with Crippen LogP contribution in [0.4, 0.5) is 0 Å². The van der Waals surface area contributed by atoms with Crippen molar-refractivity contribution in [2.45, 2.75) is 63.1 Å². The van der Waals surface area contributed by atoms with Gasteiger partial charge in [0.25, 0.3) is 5.56 Å². The molecule has 34 heavy (non-hydrogen) atoms. The minimum absolute atomic E-state index is 0.0658. The number of methoxy groups -OCH3 is 1. The molecule has 2 aromatic heterocycles. The van der Waals surface area contributed by atoms with E-state index in [-0.39, 0.29) is 17.2 Å². The number of amides is 1. The number of carbonyl (C=O) groups is 1. The maximum atomic E-state index is 13.7. The average Bonchev–Trinajstić information content (AvgIpc) is 3.18. The Morgan fingerprint density at radius 2 is 2.12 bits per heavy atom. The van der Waals surface area contributed by atoms with Gasteiger partial charge in [0, 0.05) is 10.9 Å². The first kappa shape index (κ1) is 24.3. The number of aromatic nitrogens is 2. The van der Waals surface area contributed by atoms with E-state index < -0.39 is 5.54 Å². The molecule has 0 bridgehead atoms. The van der Waals surface area contributed by atoms with Crippen LogP contribution in [0.2, 0.25) is 0 Å². The quantitative estimate of drug-likeness (QED) is 0.374. The van der Waals surface area contributed by atoms with Crippen molar-refractivity contribution in [3.63, 3.8) is 0 Å². The summed E-state index contributed by atoms with van der Waals surface area (Å²) in [7, 11) is 1.58. The van der Waals surface area contributed by atoms with Gasteiger partial charge in [0.05, 0.1) is 30.0 Å². The van der Waals surface area contributed by atoms with Crippen LogP contribution < -0.4 is 15.6 Å². The lowest BCUT2D eigenvalue weighted by molar-refractivity contribution is -0.120. The summed E-state index contributed by atoms with van der Waals surface area (Å²) in [5.41, 5.74) is 0.640. The monoisotopic (exact) mass is 496 g/mol. The smallest absolute Gasteiger partial charge is 0.267 e. The van der Waals surface area contributed by atoms with Gasteiger partial charge in [0.1, 0.15) is 16.1 Å². The van der Waals surface area contributed by atoms with E-state index in [1.807, 2.05) is 25.1 Å².